The highest BCUT2D eigenvalue weighted by atomic mass is 32.1. The van der Waals surface area contributed by atoms with Gasteiger partial charge in [0.1, 0.15) is 5.75 Å². The van der Waals surface area contributed by atoms with Gasteiger partial charge in [-0.3, -0.25) is 19.7 Å². The first-order valence-electron chi connectivity index (χ1n) is 12.4. The number of imide groups is 1. The van der Waals surface area contributed by atoms with Crippen molar-refractivity contribution < 1.29 is 24.3 Å². The Balaban J connectivity index is 0.000000347. The van der Waals surface area contributed by atoms with Crippen LogP contribution in [0.2, 0.25) is 0 Å². The first-order valence-corrected chi connectivity index (χ1v) is 13.3. The lowest BCUT2D eigenvalue weighted by molar-refractivity contribution is -0.135. The number of carbonyl (C=O) groups is 4. The summed E-state index contributed by atoms with van der Waals surface area (Å²) in [5.41, 5.74) is 3.57. The summed E-state index contributed by atoms with van der Waals surface area (Å²) in [5.74, 6) is 0.534. The van der Waals surface area contributed by atoms with Crippen LogP contribution in [0.1, 0.15) is 78.9 Å². The van der Waals surface area contributed by atoms with Gasteiger partial charge in [0.15, 0.2) is 5.78 Å². The Morgan fingerprint density at radius 1 is 1.11 bits per heavy atom. The minimum atomic E-state index is -0.266. The summed E-state index contributed by atoms with van der Waals surface area (Å²) in [7, 11) is 0. The molecule has 196 valence electrons. The fourth-order valence-electron chi connectivity index (χ4n) is 3.85. The van der Waals surface area contributed by atoms with E-state index in [1.165, 1.54) is 11.3 Å². The van der Waals surface area contributed by atoms with Crippen LogP contribution in [0.25, 0.3) is 0 Å². The zero-order valence-electron chi connectivity index (χ0n) is 21.7. The summed E-state index contributed by atoms with van der Waals surface area (Å²) in [6.07, 6.45) is 2.70. The molecular formula is C27H37N3O5S. The van der Waals surface area contributed by atoms with Crippen LogP contribution < -0.4 is 16.0 Å². The van der Waals surface area contributed by atoms with Crippen LogP contribution in [0, 0.1) is 18.8 Å². The summed E-state index contributed by atoms with van der Waals surface area (Å²) in [5, 5.41) is 19.5. The van der Waals surface area contributed by atoms with Gasteiger partial charge < -0.3 is 15.7 Å². The number of aryl methyl sites for hydroxylation is 1. The third-order valence-electron chi connectivity index (χ3n) is 6.02. The molecular weight excluding hydrogens is 478 g/mol. The van der Waals surface area contributed by atoms with Crippen molar-refractivity contribution in [3.8, 4) is 5.75 Å². The second kappa shape index (κ2) is 13.8. The van der Waals surface area contributed by atoms with Crippen LogP contribution in [0.15, 0.2) is 23.6 Å². The Labute approximate surface area is 216 Å². The van der Waals surface area contributed by atoms with Crippen LogP contribution >= 0.6 is 11.3 Å². The molecule has 0 bridgehead atoms. The molecule has 2 unspecified atom stereocenters. The number of Topliss-reactive ketones (excluding diaryl/α,β-unsaturated/α-hetero) is 1. The second-order valence-corrected chi connectivity index (χ2v) is 9.96. The number of fused-ring (bicyclic) bond motifs is 1. The molecule has 2 aromatic rings. The fraction of sp³-hybridized carbons (Fsp3) is 0.481. The van der Waals surface area contributed by atoms with Crippen molar-refractivity contribution in [3.05, 3.63) is 50.7 Å². The highest BCUT2D eigenvalue weighted by Crippen LogP contribution is 2.32. The molecule has 9 heteroatoms. The number of urea groups is 1. The van der Waals surface area contributed by atoms with Crippen LogP contribution in [0.4, 0.5) is 4.79 Å². The van der Waals surface area contributed by atoms with Crippen molar-refractivity contribution in [1.82, 2.24) is 16.0 Å². The zero-order valence-corrected chi connectivity index (χ0v) is 22.5. The number of aromatic hydroxyl groups is 1. The van der Waals surface area contributed by atoms with E-state index in [1.807, 2.05) is 45.2 Å². The molecule has 1 aromatic carbocycles. The quantitative estimate of drug-likeness (QED) is 0.443. The number of amides is 4. The van der Waals surface area contributed by atoms with E-state index in [2.05, 4.69) is 22.9 Å². The minimum Gasteiger partial charge on any atom is -0.508 e. The molecule has 0 saturated carbocycles. The number of thiophene rings is 1. The van der Waals surface area contributed by atoms with Gasteiger partial charge in [-0.2, -0.15) is 0 Å². The van der Waals surface area contributed by atoms with Crippen molar-refractivity contribution in [2.45, 2.75) is 73.4 Å². The number of phenolic OH excluding ortho intramolecular Hbond substituents is 1. The molecule has 36 heavy (non-hydrogen) atoms. The third-order valence-corrected chi connectivity index (χ3v) is 7.05. The van der Waals surface area contributed by atoms with Crippen LogP contribution in [0.5, 0.6) is 5.75 Å². The molecule has 0 spiro atoms. The van der Waals surface area contributed by atoms with E-state index in [0.717, 1.165) is 33.6 Å². The lowest BCUT2D eigenvalue weighted by atomic mass is 9.85. The van der Waals surface area contributed by atoms with E-state index in [4.69, 9.17) is 0 Å². The Kier molecular flexibility index (Phi) is 11.1. The summed E-state index contributed by atoms with van der Waals surface area (Å²) < 4.78 is 0. The molecule has 2 aliphatic rings. The number of benzene rings is 1. The van der Waals surface area contributed by atoms with Crippen LogP contribution in [-0.4, -0.2) is 28.7 Å². The van der Waals surface area contributed by atoms with Crippen molar-refractivity contribution in [2.24, 2.45) is 11.8 Å². The largest absolute Gasteiger partial charge is 0.508 e. The second-order valence-electron chi connectivity index (χ2n) is 9.00. The molecule has 4 amide bonds. The normalized spacial score (nSPS) is 18.5. The van der Waals surface area contributed by atoms with E-state index >= 15 is 0 Å². The SMILES string of the molecule is CC.CC1CCC(=O)NC1=O.Cc1ccc(CNC(=O)NCc2scc3c2CC(C)CC3=O)cc1O. The molecule has 1 aromatic heterocycles. The van der Waals surface area contributed by atoms with Gasteiger partial charge in [-0.25, -0.2) is 4.79 Å². The molecule has 2 atom stereocenters. The summed E-state index contributed by atoms with van der Waals surface area (Å²) in [6, 6.07) is 5.08. The summed E-state index contributed by atoms with van der Waals surface area (Å²) in [6.45, 7) is 10.5. The third kappa shape index (κ3) is 8.19. The van der Waals surface area contributed by atoms with Gasteiger partial charge >= 0.3 is 6.03 Å². The molecule has 1 fully saturated rings. The molecule has 0 radical (unpaired) electrons. The van der Waals surface area contributed by atoms with Gasteiger partial charge in [0.25, 0.3) is 0 Å². The lowest BCUT2D eigenvalue weighted by Gasteiger charge is -2.18. The maximum absolute atomic E-state index is 12.0. The average molecular weight is 516 g/mol. The maximum Gasteiger partial charge on any atom is 0.315 e. The van der Waals surface area contributed by atoms with Crippen molar-refractivity contribution in [2.75, 3.05) is 0 Å². The average Bonchev–Trinajstić information content (AvgIpc) is 3.26. The van der Waals surface area contributed by atoms with E-state index < -0.39 is 0 Å². The molecule has 4 rings (SSSR count). The maximum atomic E-state index is 12.0. The van der Waals surface area contributed by atoms with Gasteiger partial charge in [-0.05, 0) is 48.4 Å². The molecule has 4 N–H and O–H groups in total. The number of hydrogen-bond acceptors (Lipinski definition) is 6. The number of rotatable bonds is 4. The Bertz CT molecular complexity index is 1100. The summed E-state index contributed by atoms with van der Waals surface area (Å²) >= 11 is 1.53. The highest BCUT2D eigenvalue weighted by Gasteiger charge is 2.26. The number of piperidine rings is 1. The van der Waals surface area contributed by atoms with Gasteiger partial charge in [0.2, 0.25) is 11.8 Å². The van der Waals surface area contributed by atoms with Gasteiger partial charge in [-0.15, -0.1) is 11.3 Å². The van der Waals surface area contributed by atoms with Crippen molar-refractivity contribution >= 4 is 35.0 Å². The summed E-state index contributed by atoms with van der Waals surface area (Å²) in [4.78, 5) is 46.3. The Morgan fingerprint density at radius 3 is 2.44 bits per heavy atom. The van der Waals surface area contributed by atoms with E-state index in [9.17, 15) is 24.3 Å². The topological polar surface area (TPSA) is 125 Å². The lowest BCUT2D eigenvalue weighted by Crippen LogP contribution is -2.39. The molecule has 1 saturated heterocycles. The smallest absolute Gasteiger partial charge is 0.315 e. The standard InChI is InChI=1S/C19H22N2O3S.C6H9NO2.C2H6/c1-11-5-14-15(17(23)6-11)10-25-18(14)9-21-19(24)20-8-13-4-3-12(2)16(22)7-13;1-4-2-3-5(8)7-6(4)9;1-2/h3-4,7,10-11,22H,5-6,8-9H2,1-2H3,(H2,20,21,24);4H,2-3H2,1H3,(H,7,8,9);1-2H3. The number of hydrogen-bond donors (Lipinski definition) is 4. The van der Waals surface area contributed by atoms with Crippen LogP contribution in [0.3, 0.4) is 0 Å². The van der Waals surface area contributed by atoms with Gasteiger partial charge in [0.05, 0.1) is 6.54 Å². The zero-order chi connectivity index (χ0) is 26.8. The number of nitrogens with one attached hydrogen (secondary N) is 3. The number of ketones is 1. The molecule has 1 aliphatic heterocycles. The predicted molar refractivity (Wildman–Crippen MR) is 141 cm³/mol. The monoisotopic (exact) mass is 515 g/mol. The van der Waals surface area contributed by atoms with Crippen LogP contribution in [-0.2, 0) is 29.1 Å². The minimum absolute atomic E-state index is 0.0164. The van der Waals surface area contributed by atoms with Gasteiger partial charge in [0, 0.05) is 41.1 Å². The van der Waals surface area contributed by atoms with Crippen molar-refractivity contribution in [3.63, 3.8) is 0 Å². The van der Waals surface area contributed by atoms with Crippen molar-refractivity contribution in [1.29, 1.82) is 0 Å². The number of phenols is 1. The van der Waals surface area contributed by atoms with E-state index in [-0.39, 0.29) is 35.3 Å². The van der Waals surface area contributed by atoms with Gasteiger partial charge in [-0.1, -0.05) is 39.8 Å². The first kappa shape index (κ1) is 29.0. The number of carbonyl (C=O) groups excluding carboxylic acids is 4. The Morgan fingerprint density at radius 2 is 1.81 bits per heavy atom. The highest BCUT2D eigenvalue weighted by molar-refractivity contribution is 7.10. The Hall–Kier alpha value is -3.20. The molecule has 8 nitrogen and oxygen atoms in total. The molecule has 2 heterocycles. The van der Waals surface area contributed by atoms with E-state index in [0.29, 0.717) is 38.3 Å². The van der Waals surface area contributed by atoms with E-state index in [1.54, 1.807) is 6.07 Å². The first-order chi connectivity index (χ1) is 17.1. The fourth-order valence-corrected chi connectivity index (χ4v) is 4.87. The predicted octanol–water partition coefficient (Wildman–Crippen LogP) is 4.61. The molecule has 1 aliphatic carbocycles.